The van der Waals surface area contributed by atoms with Crippen LogP contribution < -0.4 is 0 Å². The zero-order valence-corrected chi connectivity index (χ0v) is 16.8. The maximum Gasteiger partial charge on any atom is 0.409 e. The Hall–Kier alpha value is -2.82. The second-order valence-corrected chi connectivity index (χ2v) is 8.13. The lowest BCUT2D eigenvalue weighted by Crippen LogP contribution is -2.46. The van der Waals surface area contributed by atoms with Crippen LogP contribution in [0.1, 0.15) is 49.7 Å². The van der Waals surface area contributed by atoms with Gasteiger partial charge in [0.2, 0.25) is 0 Å². The molecular weight excluding hydrogens is 366 g/mol. The van der Waals surface area contributed by atoms with Crippen molar-refractivity contribution in [3.05, 3.63) is 59.7 Å². The maximum absolute atomic E-state index is 12.7. The first-order chi connectivity index (χ1) is 14.1. The van der Waals surface area contributed by atoms with E-state index in [4.69, 9.17) is 4.74 Å². The van der Waals surface area contributed by atoms with Crippen LogP contribution in [0.5, 0.6) is 0 Å². The van der Waals surface area contributed by atoms with E-state index >= 15 is 0 Å². The third-order valence-corrected chi connectivity index (χ3v) is 6.50. The molecule has 5 nitrogen and oxygen atoms in total. The van der Waals surface area contributed by atoms with Crippen molar-refractivity contribution in [1.82, 2.24) is 4.90 Å². The van der Waals surface area contributed by atoms with E-state index in [0.29, 0.717) is 39.0 Å². The van der Waals surface area contributed by atoms with Gasteiger partial charge in [0.15, 0.2) is 0 Å². The Morgan fingerprint density at radius 2 is 1.59 bits per heavy atom. The van der Waals surface area contributed by atoms with E-state index in [9.17, 15) is 14.7 Å². The van der Waals surface area contributed by atoms with Gasteiger partial charge in [0, 0.05) is 19.0 Å². The van der Waals surface area contributed by atoms with Gasteiger partial charge in [-0.15, -0.1) is 0 Å². The number of hydrogen-bond acceptors (Lipinski definition) is 3. The van der Waals surface area contributed by atoms with Crippen molar-refractivity contribution >= 4 is 12.1 Å². The van der Waals surface area contributed by atoms with Crippen molar-refractivity contribution < 1.29 is 19.4 Å². The summed E-state index contributed by atoms with van der Waals surface area (Å²) in [4.78, 5) is 26.1. The van der Waals surface area contributed by atoms with Crippen LogP contribution in [0.4, 0.5) is 4.79 Å². The zero-order chi connectivity index (χ0) is 20.4. The number of nitrogens with zero attached hydrogens (tertiary/aromatic N) is 1. The summed E-state index contributed by atoms with van der Waals surface area (Å²) in [7, 11) is 0. The third-order valence-electron chi connectivity index (χ3n) is 6.50. The van der Waals surface area contributed by atoms with Crippen LogP contribution >= 0.6 is 0 Å². The van der Waals surface area contributed by atoms with Crippen molar-refractivity contribution in [3.63, 3.8) is 0 Å². The molecule has 4 rings (SSSR count). The number of ether oxygens (including phenoxy) is 1. The van der Waals surface area contributed by atoms with Gasteiger partial charge in [-0.1, -0.05) is 61.9 Å². The lowest BCUT2D eigenvalue weighted by atomic mass is 9.75. The predicted molar refractivity (Wildman–Crippen MR) is 111 cm³/mol. The molecule has 2 aromatic carbocycles. The Bertz CT molecular complexity index is 869. The van der Waals surface area contributed by atoms with Gasteiger partial charge in [-0.3, -0.25) is 4.79 Å². The number of benzene rings is 2. The van der Waals surface area contributed by atoms with Crippen molar-refractivity contribution in [2.75, 3.05) is 19.7 Å². The van der Waals surface area contributed by atoms with E-state index in [1.807, 2.05) is 31.2 Å². The molecule has 2 aromatic rings. The van der Waals surface area contributed by atoms with Gasteiger partial charge in [-0.05, 0) is 41.5 Å². The van der Waals surface area contributed by atoms with Gasteiger partial charge in [0.25, 0.3) is 0 Å². The molecule has 1 amide bonds. The molecule has 1 N–H and O–H groups in total. The topological polar surface area (TPSA) is 66.8 Å². The normalized spacial score (nSPS) is 17.5. The molecule has 0 aromatic heterocycles. The molecule has 0 radical (unpaired) electrons. The average Bonchev–Trinajstić information content (AvgIpc) is 3.06. The standard InChI is InChI=1S/C24H27NO4/c1-2-11-24(22(26)27)12-14-25(15-13-24)23(28)29-16-21-19-9-5-3-7-17(19)18-8-4-6-10-20(18)21/h3-10,21H,2,11-16H2,1H3,(H,26,27). The molecular formula is C24H27NO4. The van der Waals surface area contributed by atoms with Gasteiger partial charge >= 0.3 is 12.1 Å². The number of hydrogen-bond donors (Lipinski definition) is 1. The number of amides is 1. The number of likely N-dealkylation sites (tertiary alicyclic amines) is 1. The van der Waals surface area contributed by atoms with Crippen molar-refractivity contribution in [2.24, 2.45) is 5.41 Å². The number of carbonyl (C=O) groups is 2. The van der Waals surface area contributed by atoms with E-state index in [0.717, 1.165) is 6.42 Å². The highest BCUT2D eigenvalue weighted by molar-refractivity contribution is 5.79. The lowest BCUT2D eigenvalue weighted by molar-refractivity contribution is -0.152. The summed E-state index contributed by atoms with van der Waals surface area (Å²) < 4.78 is 5.71. The minimum absolute atomic E-state index is 0.0364. The Morgan fingerprint density at radius 3 is 2.10 bits per heavy atom. The molecule has 2 aliphatic rings. The highest BCUT2D eigenvalue weighted by Crippen LogP contribution is 2.44. The van der Waals surface area contributed by atoms with Crippen molar-refractivity contribution in [1.29, 1.82) is 0 Å². The summed E-state index contributed by atoms with van der Waals surface area (Å²) in [6.07, 6.45) is 2.11. The first-order valence-corrected chi connectivity index (χ1v) is 10.4. The summed E-state index contributed by atoms with van der Waals surface area (Å²) in [5.41, 5.74) is 4.08. The molecule has 5 heteroatoms. The maximum atomic E-state index is 12.7. The molecule has 0 unspecified atom stereocenters. The van der Waals surface area contributed by atoms with Crippen molar-refractivity contribution in [3.8, 4) is 11.1 Å². The summed E-state index contributed by atoms with van der Waals surface area (Å²) in [6, 6.07) is 16.5. The smallest absolute Gasteiger partial charge is 0.409 e. The number of carbonyl (C=O) groups excluding carboxylic acids is 1. The van der Waals surface area contributed by atoms with Gasteiger partial charge < -0.3 is 14.7 Å². The zero-order valence-electron chi connectivity index (χ0n) is 16.8. The fourth-order valence-electron chi connectivity index (χ4n) is 4.85. The van der Waals surface area contributed by atoms with Crippen LogP contribution in [0, 0.1) is 5.41 Å². The summed E-state index contributed by atoms with van der Waals surface area (Å²) in [5, 5.41) is 9.64. The first kappa shape index (κ1) is 19.5. The van der Waals surface area contributed by atoms with Crippen LogP contribution in [0.2, 0.25) is 0 Å². The largest absolute Gasteiger partial charge is 0.481 e. The molecule has 1 aliphatic heterocycles. The quantitative estimate of drug-likeness (QED) is 0.784. The van der Waals surface area contributed by atoms with Crippen LogP contribution in [0.3, 0.4) is 0 Å². The highest BCUT2D eigenvalue weighted by Gasteiger charge is 2.42. The third kappa shape index (κ3) is 3.50. The van der Waals surface area contributed by atoms with Gasteiger partial charge in [0.05, 0.1) is 5.41 Å². The minimum Gasteiger partial charge on any atom is -0.481 e. The summed E-state index contributed by atoms with van der Waals surface area (Å²) in [6.45, 7) is 3.16. The lowest BCUT2D eigenvalue weighted by Gasteiger charge is -2.38. The SMILES string of the molecule is CCCC1(C(=O)O)CCN(C(=O)OCC2c3ccccc3-c3ccccc32)CC1. The second kappa shape index (κ2) is 7.90. The second-order valence-electron chi connectivity index (χ2n) is 8.13. The molecule has 1 saturated heterocycles. The number of carboxylic acid groups (broad SMARTS) is 1. The number of carboxylic acids is 1. The number of piperidine rings is 1. The average molecular weight is 393 g/mol. The van der Waals surface area contributed by atoms with Gasteiger partial charge in [-0.25, -0.2) is 4.79 Å². The van der Waals surface area contributed by atoms with Crippen LogP contribution in [-0.4, -0.2) is 41.8 Å². The number of fused-ring (bicyclic) bond motifs is 3. The fraction of sp³-hybridized carbons (Fsp3) is 0.417. The van der Waals surface area contributed by atoms with Crippen LogP contribution in [0.15, 0.2) is 48.5 Å². The van der Waals surface area contributed by atoms with E-state index in [1.165, 1.54) is 22.3 Å². The molecule has 1 aliphatic carbocycles. The predicted octanol–water partition coefficient (Wildman–Crippen LogP) is 4.90. The van der Waals surface area contributed by atoms with E-state index in [1.54, 1.807) is 4.90 Å². The summed E-state index contributed by atoms with van der Waals surface area (Å²) in [5.74, 6) is -0.708. The van der Waals surface area contributed by atoms with Crippen molar-refractivity contribution in [2.45, 2.75) is 38.5 Å². The number of rotatable bonds is 5. The van der Waals surface area contributed by atoms with Crippen LogP contribution in [0.25, 0.3) is 11.1 Å². The minimum atomic E-state index is -0.744. The molecule has 0 bridgehead atoms. The molecule has 152 valence electrons. The Labute approximate surface area is 171 Å². The highest BCUT2D eigenvalue weighted by atomic mass is 16.6. The molecule has 0 atom stereocenters. The van der Waals surface area contributed by atoms with Crippen LogP contribution in [-0.2, 0) is 9.53 Å². The molecule has 0 saturated carbocycles. The number of aliphatic carboxylic acids is 1. The Morgan fingerprint density at radius 1 is 1.03 bits per heavy atom. The fourth-order valence-corrected chi connectivity index (χ4v) is 4.85. The Balaban J connectivity index is 1.42. The summed E-state index contributed by atoms with van der Waals surface area (Å²) >= 11 is 0. The van der Waals surface area contributed by atoms with E-state index < -0.39 is 11.4 Å². The monoisotopic (exact) mass is 393 g/mol. The molecule has 29 heavy (non-hydrogen) atoms. The van der Waals surface area contributed by atoms with Gasteiger partial charge in [-0.2, -0.15) is 0 Å². The Kier molecular flexibility index (Phi) is 5.31. The van der Waals surface area contributed by atoms with E-state index in [2.05, 4.69) is 24.3 Å². The molecule has 1 heterocycles. The van der Waals surface area contributed by atoms with Gasteiger partial charge in [0.1, 0.15) is 6.61 Å². The molecule has 1 fully saturated rings. The molecule has 0 spiro atoms. The van der Waals surface area contributed by atoms with E-state index in [-0.39, 0.29) is 12.0 Å². The first-order valence-electron chi connectivity index (χ1n) is 10.4.